The highest BCUT2D eigenvalue weighted by molar-refractivity contribution is 5.89. The molecule has 1 aromatic rings. The molecule has 30 heavy (non-hydrogen) atoms. The third-order valence-electron chi connectivity index (χ3n) is 5.96. The Morgan fingerprint density at radius 3 is 2.30 bits per heavy atom. The summed E-state index contributed by atoms with van der Waals surface area (Å²) >= 11 is 0. The maximum Gasteiger partial charge on any atom is 0.410 e. The van der Waals surface area contributed by atoms with Crippen LogP contribution in [0.1, 0.15) is 75.3 Å². The van der Waals surface area contributed by atoms with Gasteiger partial charge in [0.2, 0.25) is 5.91 Å². The number of esters is 1. The van der Waals surface area contributed by atoms with Crippen molar-refractivity contribution in [3.63, 3.8) is 0 Å². The third kappa shape index (κ3) is 5.12. The summed E-state index contributed by atoms with van der Waals surface area (Å²) < 4.78 is 10.3. The van der Waals surface area contributed by atoms with E-state index in [1.807, 2.05) is 27.7 Å². The molecule has 1 heterocycles. The highest BCUT2D eigenvalue weighted by Gasteiger charge is 2.51. The zero-order chi connectivity index (χ0) is 22.1. The standard InChI is InChI=1S/C23H32N2O5/c1-15(16-6-8-17(9-7-16)20(27)29-5)24-19(26)18-14-23(10-11-23)12-13-25(18)21(28)30-22(2,3)4/h6-9,15,18H,10-14H2,1-5H3,(H,24,26)/t15-,18+/m0/s1. The zero-order valence-electron chi connectivity index (χ0n) is 18.5. The van der Waals surface area contributed by atoms with Gasteiger partial charge in [-0.3, -0.25) is 9.69 Å². The maximum absolute atomic E-state index is 13.2. The molecule has 1 aromatic carbocycles. The number of carbonyl (C=O) groups is 3. The Bertz CT molecular complexity index is 808. The number of ether oxygens (including phenoxy) is 2. The molecular formula is C23H32N2O5. The van der Waals surface area contributed by atoms with Crippen molar-refractivity contribution in [2.45, 2.75) is 71.1 Å². The van der Waals surface area contributed by atoms with Gasteiger partial charge >= 0.3 is 12.1 Å². The molecule has 3 rings (SSSR count). The summed E-state index contributed by atoms with van der Waals surface area (Å²) in [6.07, 6.45) is 3.38. The second-order valence-corrected chi connectivity index (χ2v) is 9.49. The van der Waals surface area contributed by atoms with Crippen molar-refractivity contribution in [3.05, 3.63) is 35.4 Å². The SMILES string of the molecule is COC(=O)c1ccc([C@H](C)NC(=O)[C@H]2CC3(CCN2C(=O)OC(C)(C)C)CC3)cc1. The Labute approximate surface area is 178 Å². The predicted molar refractivity (Wildman–Crippen MR) is 112 cm³/mol. The van der Waals surface area contributed by atoms with Crippen LogP contribution in [0.3, 0.4) is 0 Å². The molecule has 1 N–H and O–H groups in total. The van der Waals surface area contributed by atoms with Crippen LogP contribution in [0.4, 0.5) is 4.79 Å². The van der Waals surface area contributed by atoms with Crippen LogP contribution in [0.25, 0.3) is 0 Å². The van der Waals surface area contributed by atoms with E-state index in [4.69, 9.17) is 9.47 Å². The number of nitrogens with zero attached hydrogens (tertiary/aromatic N) is 1. The molecule has 0 aromatic heterocycles. The molecule has 1 spiro atoms. The third-order valence-corrected chi connectivity index (χ3v) is 5.96. The van der Waals surface area contributed by atoms with E-state index in [0.29, 0.717) is 18.5 Å². The smallest absolute Gasteiger partial charge is 0.410 e. The summed E-state index contributed by atoms with van der Waals surface area (Å²) in [6, 6.07) is 6.15. The van der Waals surface area contributed by atoms with Gasteiger partial charge in [0, 0.05) is 6.54 Å². The van der Waals surface area contributed by atoms with Gasteiger partial charge in [-0.2, -0.15) is 0 Å². The van der Waals surface area contributed by atoms with Crippen molar-refractivity contribution in [1.82, 2.24) is 10.2 Å². The number of hydrogen-bond acceptors (Lipinski definition) is 5. The zero-order valence-corrected chi connectivity index (χ0v) is 18.5. The summed E-state index contributed by atoms with van der Waals surface area (Å²) in [5.41, 5.74) is 0.920. The van der Waals surface area contributed by atoms with Gasteiger partial charge < -0.3 is 14.8 Å². The van der Waals surface area contributed by atoms with E-state index in [-0.39, 0.29) is 17.4 Å². The fourth-order valence-electron chi connectivity index (χ4n) is 3.96. The lowest BCUT2D eigenvalue weighted by molar-refractivity contribution is -0.129. The Hall–Kier alpha value is -2.57. The van der Waals surface area contributed by atoms with Crippen LogP contribution in [0.5, 0.6) is 0 Å². The number of likely N-dealkylation sites (tertiary alicyclic amines) is 1. The molecule has 2 amide bonds. The minimum Gasteiger partial charge on any atom is -0.465 e. The van der Waals surface area contributed by atoms with Crippen molar-refractivity contribution >= 4 is 18.0 Å². The largest absolute Gasteiger partial charge is 0.465 e. The summed E-state index contributed by atoms with van der Waals surface area (Å²) in [7, 11) is 1.34. The molecule has 1 saturated heterocycles. The molecule has 0 unspecified atom stereocenters. The monoisotopic (exact) mass is 416 g/mol. The fraction of sp³-hybridized carbons (Fsp3) is 0.609. The van der Waals surface area contributed by atoms with E-state index in [9.17, 15) is 14.4 Å². The number of amides is 2. The first-order chi connectivity index (χ1) is 14.0. The number of benzene rings is 1. The minimum atomic E-state index is -0.610. The minimum absolute atomic E-state index is 0.170. The Kier molecular flexibility index (Phi) is 6.11. The number of methoxy groups -OCH3 is 1. The normalized spacial score (nSPS) is 21.0. The number of piperidine rings is 1. The van der Waals surface area contributed by atoms with Crippen molar-refractivity contribution in [1.29, 1.82) is 0 Å². The lowest BCUT2D eigenvalue weighted by Gasteiger charge is -2.39. The average Bonchev–Trinajstić information content (AvgIpc) is 3.44. The van der Waals surface area contributed by atoms with Gasteiger partial charge in [-0.15, -0.1) is 0 Å². The van der Waals surface area contributed by atoms with Crippen LogP contribution in [0, 0.1) is 5.41 Å². The van der Waals surface area contributed by atoms with Gasteiger partial charge in [0.15, 0.2) is 0 Å². The van der Waals surface area contributed by atoms with Gasteiger partial charge in [-0.05, 0) is 76.5 Å². The number of hydrogen-bond donors (Lipinski definition) is 1. The van der Waals surface area contributed by atoms with Gasteiger partial charge in [0.1, 0.15) is 11.6 Å². The van der Waals surface area contributed by atoms with E-state index in [1.165, 1.54) is 7.11 Å². The molecule has 1 aliphatic heterocycles. The lowest BCUT2D eigenvalue weighted by atomic mass is 9.87. The van der Waals surface area contributed by atoms with E-state index in [2.05, 4.69) is 5.32 Å². The molecule has 2 aliphatic rings. The number of nitrogens with one attached hydrogen (secondary N) is 1. The van der Waals surface area contributed by atoms with Crippen molar-refractivity contribution < 1.29 is 23.9 Å². The van der Waals surface area contributed by atoms with Crippen LogP contribution in [0.2, 0.25) is 0 Å². The molecule has 2 atom stereocenters. The van der Waals surface area contributed by atoms with Crippen molar-refractivity contribution in [3.8, 4) is 0 Å². The summed E-state index contributed by atoms with van der Waals surface area (Å²) in [4.78, 5) is 39.1. The van der Waals surface area contributed by atoms with Crippen LogP contribution < -0.4 is 5.32 Å². The van der Waals surface area contributed by atoms with Crippen LogP contribution in [0.15, 0.2) is 24.3 Å². The molecule has 1 aliphatic carbocycles. The molecule has 2 fully saturated rings. The molecule has 164 valence electrons. The molecular weight excluding hydrogens is 384 g/mol. The van der Waals surface area contributed by atoms with Crippen LogP contribution in [-0.2, 0) is 14.3 Å². The maximum atomic E-state index is 13.2. The summed E-state index contributed by atoms with van der Waals surface area (Å²) in [6.45, 7) is 7.90. The molecule has 7 heteroatoms. The van der Waals surface area contributed by atoms with E-state index < -0.39 is 23.7 Å². The highest BCUT2D eigenvalue weighted by atomic mass is 16.6. The topological polar surface area (TPSA) is 84.9 Å². The van der Waals surface area contributed by atoms with E-state index in [0.717, 1.165) is 24.8 Å². The van der Waals surface area contributed by atoms with E-state index in [1.54, 1.807) is 29.2 Å². The van der Waals surface area contributed by atoms with Crippen LogP contribution >= 0.6 is 0 Å². The second-order valence-electron chi connectivity index (χ2n) is 9.49. The Morgan fingerprint density at radius 1 is 1.13 bits per heavy atom. The highest BCUT2D eigenvalue weighted by Crippen LogP contribution is 2.55. The number of rotatable bonds is 4. The first-order valence-corrected chi connectivity index (χ1v) is 10.5. The lowest BCUT2D eigenvalue weighted by Crippen LogP contribution is -2.55. The Morgan fingerprint density at radius 2 is 1.77 bits per heavy atom. The molecule has 1 saturated carbocycles. The van der Waals surface area contributed by atoms with Gasteiger partial charge in [0.05, 0.1) is 18.7 Å². The summed E-state index contributed by atoms with van der Waals surface area (Å²) in [5, 5.41) is 3.04. The van der Waals surface area contributed by atoms with Gasteiger partial charge in [-0.25, -0.2) is 9.59 Å². The van der Waals surface area contributed by atoms with Gasteiger partial charge in [-0.1, -0.05) is 12.1 Å². The molecule has 0 bridgehead atoms. The average molecular weight is 417 g/mol. The van der Waals surface area contributed by atoms with E-state index >= 15 is 0 Å². The second kappa shape index (κ2) is 8.28. The molecule has 0 radical (unpaired) electrons. The van der Waals surface area contributed by atoms with Crippen LogP contribution in [-0.4, -0.2) is 48.2 Å². The molecule has 7 nitrogen and oxygen atoms in total. The summed E-state index contributed by atoms with van der Waals surface area (Å²) in [5.74, 6) is -0.570. The van der Waals surface area contributed by atoms with Gasteiger partial charge in [0.25, 0.3) is 0 Å². The Balaban J connectivity index is 1.70. The van der Waals surface area contributed by atoms with Crippen molar-refractivity contribution in [2.24, 2.45) is 5.41 Å². The quantitative estimate of drug-likeness (QED) is 0.754. The first kappa shape index (κ1) is 22.1. The fourth-order valence-corrected chi connectivity index (χ4v) is 3.96. The first-order valence-electron chi connectivity index (χ1n) is 10.5. The van der Waals surface area contributed by atoms with Crippen molar-refractivity contribution in [2.75, 3.05) is 13.7 Å². The number of carbonyl (C=O) groups excluding carboxylic acids is 3. The predicted octanol–water partition coefficient (Wildman–Crippen LogP) is 3.83.